The quantitative estimate of drug-likeness (QED) is 0.682. The van der Waals surface area contributed by atoms with Gasteiger partial charge >= 0.3 is 0 Å². The fourth-order valence-corrected chi connectivity index (χ4v) is 1.74. The highest BCUT2D eigenvalue weighted by Gasteiger charge is 2.20. The number of nitrogens with zero attached hydrogens (tertiary/aromatic N) is 1. The molecule has 0 aromatic rings. The number of β-amino-alcohol motifs (C(OH)–C–C–N with tert-alkyl or cyclic N) is 1. The van der Waals surface area contributed by atoms with E-state index in [0.29, 0.717) is 18.6 Å². The van der Waals surface area contributed by atoms with Crippen LogP contribution in [0.5, 0.6) is 0 Å². The second-order valence-corrected chi connectivity index (χ2v) is 4.64. The van der Waals surface area contributed by atoms with Crippen LogP contribution in [0.2, 0.25) is 0 Å². The molecule has 2 unspecified atom stereocenters. The Bertz CT molecular complexity index is 176. The first kappa shape index (κ1) is 12.9. The summed E-state index contributed by atoms with van der Waals surface area (Å²) in [6.07, 6.45) is -0.284. The van der Waals surface area contributed by atoms with E-state index in [9.17, 15) is 5.11 Å². The molecule has 0 spiro atoms. The zero-order valence-corrected chi connectivity index (χ0v) is 10.1. The van der Waals surface area contributed by atoms with Crippen molar-refractivity contribution in [1.29, 1.82) is 0 Å². The number of nitrogens with one attached hydrogen (secondary N) is 1. The summed E-state index contributed by atoms with van der Waals surface area (Å²) in [5.41, 5.74) is 0. The second kappa shape index (κ2) is 6.43. The molecule has 1 rings (SSSR count). The van der Waals surface area contributed by atoms with Crippen LogP contribution in [-0.2, 0) is 4.74 Å². The molecule has 15 heavy (non-hydrogen) atoms. The molecular formula is C11H24N2O2. The smallest absolute Gasteiger partial charge is 0.0791 e. The predicted molar refractivity (Wildman–Crippen MR) is 61.0 cm³/mol. The Morgan fingerprint density at radius 3 is 2.87 bits per heavy atom. The van der Waals surface area contributed by atoms with Crippen LogP contribution in [0.4, 0.5) is 0 Å². The molecule has 0 bridgehead atoms. The van der Waals surface area contributed by atoms with Crippen LogP contribution >= 0.6 is 0 Å². The lowest BCUT2D eigenvalue weighted by atomic mass is 10.2. The molecule has 1 saturated heterocycles. The molecule has 0 amide bonds. The van der Waals surface area contributed by atoms with Gasteiger partial charge in [0.2, 0.25) is 0 Å². The minimum atomic E-state index is -0.284. The third kappa shape index (κ3) is 4.93. The van der Waals surface area contributed by atoms with Gasteiger partial charge in [0, 0.05) is 31.7 Å². The average molecular weight is 216 g/mol. The van der Waals surface area contributed by atoms with Crippen LogP contribution in [0.25, 0.3) is 0 Å². The van der Waals surface area contributed by atoms with Gasteiger partial charge in [-0.2, -0.15) is 0 Å². The van der Waals surface area contributed by atoms with Crippen LogP contribution in [0.1, 0.15) is 20.8 Å². The number of morpholine rings is 1. The first-order valence-electron chi connectivity index (χ1n) is 5.83. The normalized spacial score (nSPS) is 25.8. The summed E-state index contributed by atoms with van der Waals surface area (Å²) in [4.78, 5) is 2.29. The molecule has 0 aromatic heterocycles. The Kier molecular flexibility index (Phi) is 5.53. The van der Waals surface area contributed by atoms with Gasteiger partial charge in [0.25, 0.3) is 0 Å². The molecule has 1 heterocycles. The molecule has 0 aromatic carbocycles. The van der Waals surface area contributed by atoms with Crippen molar-refractivity contribution in [2.75, 3.05) is 32.8 Å². The number of hydrogen-bond donors (Lipinski definition) is 2. The fourth-order valence-electron chi connectivity index (χ4n) is 1.74. The van der Waals surface area contributed by atoms with Crippen LogP contribution in [0.15, 0.2) is 0 Å². The van der Waals surface area contributed by atoms with Crippen molar-refractivity contribution < 1.29 is 9.84 Å². The third-order valence-corrected chi connectivity index (χ3v) is 2.71. The van der Waals surface area contributed by atoms with Crippen LogP contribution < -0.4 is 5.32 Å². The topological polar surface area (TPSA) is 44.7 Å². The molecule has 4 heteroatoms. The van der Waals surface area contributed by atoms with Crippen LogP contribution in [-0.4, -0.2) is 61.0 Å². The molecule has 0 saturated carbocycles. The van der Waals surface area contributed by atoms with Gasteiger partial charge < -0.3 is 15.2 Å². The van der Waals surface area contributed by atoms with Crippen molar-refractivity contribution in [3.8, 4) is 0 Å². The summed E-state index contributed by atoms with van der Waals surface area (Å²) < 4.78 is 5.35. The summed E-state index contributed by atoms with van der Waals surface area (Å²) in [5.74, 6) is 0. The minimum Gasteiger partial charge on any atom is -0.390 e. The van der Waals surface area contributed by atoms with E-state index in [1.807, 2.05) is 0 Å². The number of aliphatic hydroxyl groups excluding tert-OH is 1. The van der Waals surface area contributed by atoms with Gasteiger partial charge in [-0.1, -0.05) is 13.8 Å². The zero-order valence-electron chi connectivity index (χ0n) is 10.1. The molecule has 2 atom stereocenters. The first-order chi connectivity index (χ1) is 7.09. The summed E-state index contributed by atoms with van der Waals surface area (Å²) in [6, 6.07) is 0.856. The number of hydrogen-bond acceptors (Lipinski definition) is 4. The Labute approximate surface area is 92.6 Å². The van der Waals surface area contributed by atoms with Crippen molar-refractivity contribution >= 4 is 0 Å². The lowest BCUT2D eigenvalue weighted by Crippen LogP contribution is -2.49. The van der Waals surface area contributed by atoms with Crippen molar-refractivity contribution in [3.63, 3.8) is 0 Å². The van der Waals surface area contributed by atoms with Gasteiger partial charge in [0.1, 0.15) is 0 Å². The minimum absolute atomic E-state index is 0.284. The zero-order chi connectivity index (χ0) is 11.3. The number of aliphatic hydroxyl groups is 1. The maximum atomic E-state index is 9.82. The van der Waals surface area contributed by atoms with Crippen molar-refractivity contribution in [2.24, 2.45) is 0 Å². The van der Waals surface area contributed by atoms with E-state index in [4.69, 9.17) is 4.74 Å². The highest BCUT2D eigenvalue weighted by Crippen LogP contribution is 2.06. The van der Waals surface area contributed by atoms with Crippen molar-refractivity contribution in [2.45, 2.75) is 39.0 Å². The van der Waals surface area contributed by atoms with Gasteiger partial charge in [0.15, 0.2) is 0 Å². The van der Waals surface area contributed by atoms with Gasteiger partial charge in [0.05, 0.1) is 19.3 Å². The van der Waals surface area contributed by atoms with Crippen molar-refractivity contribution in [3.05, 3.63) is 0 Å². The SMILES string of the molecule is CC(C)NCC(O)CN1CCOCC1C. The van der Waals surface area contributed by atoms with Gasteiger partial charge in [-0.05, 0) is 6.92 Å². The lowest BCUT2D eigenvalue weighted by molar-refractivity contribution is -0.0197. The Balaban J connectivity index is 2.20. The maximum absolute atomic E-state index is 9.82. The molecule has 90 valence electrons. The van der Waals surface area contributed by atoms with E-state index >= 15 is 0 Å². The molecule has 0 aliphatic carbocycles. The summed E-state index contributed by atoms with van der Waals surface area (Å²) in [7, 11) is 0. The predicted octanol–water partition coefficient (Wildman–Crippen LogP) is 0.0660. The Morgan fingerprint density at radius 2 is 2.27 bits per heavy atom. The van der Waals surface area contributed by atoms with E-state index in [2.05, 4.69) is 31.0 Å². The van der Waals surface area contributed by atoms with E-state index in [0.717, 1.165) is 26.3 Å². The highest BCUT2D eigenvalue weighted by molar-refractivity contribution is 4.75. The van der Waals surface area contributed by atoms with Gasteiger partial charge in [-0.3, -0.25) is 4.90 Å². The number of ether oxygens (including phenoxy) is 1. The molecule has 1 aliphatic heterocycles. The molecule has 0 radical (unpaired) electrons. The average Bonchev–Trinajstić information content (AvgIpc) is 2.18. The van der Waals surface area contributed by atoms with E-state index in [-0.39, 0.29) is 6.10 Å². The van der Waals surface area contributed by atoms with Crippen LogP contribution in [0, 0.1) is 0 Å². The molecule has 2 N–H and O–H groups in total. The van der Waals surface area contributed by atoms with E-state index < -0.39 is 0 Å². The fraction of sp³-hybridized carbons (Fsp3) is 1.00. The molecule has 4 nitrogen and oxygen atoms in total. The first-order valence-corrected chi connectivity index (χ1v) is 5.83. The summed E-state index contributed by atoms with van der Waals surface area (Å²) in [6.45, 7) is 10.2. The Morgan fingerprint density at radius 1 is 1.53 bits per heavy atom. The van der Waals surface area contributed by atoms with E-state index in [1.165, 1.54) is 0 Å². The monoisotopic (exact) mass is 216 g/mol. The number of rotatable bonds is 5. The molecule has 1 aliphatic rings. The summed E-state index contributed by atoms with van der Waals surface area (Å²) in [5, 5.41) is 13.1. The second-order valence-electron chi connectivity index (χ2n) is 4.64. The summed E-state index contributed by atoms with van der Waals surface area (Å²) >= 11 is 0. The third-order valence-electron chi connectivity index (χ3n) is 2.71. The maximum Gasteiger partial charge on any atom is 0.0791 e. The highest BCUT2D eigenvalue weighted by atomic mass is 16.5. The largest absolute Gasteiger partial charge is 0.390 e. The lowest BCUT2D eigenvalue weighted by Gasteiger charge is -2.34. The molecule has 1 fully saturated rings. The molecular weight excluding hydrogens is 192 g/mol. The van der Waals surface area contributed by atoms with Crippen LogP contribution in [0.3, 0.4) is 0 Å². The van der Waals surface area contributed by atoms with Gasteiger partial charge in [-0.25, -0.2) is 0 Å². The van der Waals surface area contributed by atoms with E-state index in [1.54, 1.807) is 0 Å². The Hall–Kier alpha value is -0.160. The van der Waals surface area contributed by atoms with Gasteiger partial charge in [-0.15, -0.1) is 0 Å². The standard InChI is InChI=1S/C11H24N2O2/c1-9(2)12-6-11(14)7-13-4-5-15-8-10(13)3/h9-12,14H,4-8H2,1-3H3. The van der Waals surface area contributed by atoms with Crippen molar-refractivity contribution in [1.82, 2.24) is 10.2 Å².